The molecule has 4 rings (SSSR count). The predicted octanol–water partition coefficient (Wildman–Crippen LogP) is 4.85. The summed E-state index contributed by atoms with van der Waals surface area (Å²) in [6, 6.07) is 19.8. The Hall–Kier alpha value is -3.93. The molecular weight excluding hydrogens is 397 g/mol. The molecule has 3 aromatic rings. The van der Waals surface area contributed by atoms with Crippen LogP contribution < -0.4 is 9.64 Å². The van der Waals surface area contributed by atoms with Crippen LogP contribution in [-0.2, 0) is 9.59 Å². The van der Waals surface area contributed by atoms with Crippen LogP contribution in [0.4, 0.5) is 10.1 Å². The molecule has 1 atom stereocenters. The van der Waals surface area contributed by atoms with Crippen LogP contribution in [-0.4, -0.2) is 23.4 Å². The summed E-state index contributed by atoms with van der Waals surface area (Å²) >= 11 is 0. The molecule has 1 amide bonds. The van der Waals surface area contributed by atoms with Crippen molar-refractivity contribution in [1.82, 2.24) is 0 Å². The number of benzene rings is 3. The fourth-order valence-corrected chi connectivity index (χ4v) is 3.71. The van der Waals surface area contributed by atoms with Crippen molar-refractivity contribution in [2.45, 2.75) is 13.0 Å². The van der Waals surface area contributed by atoms with E-state index in [2.05, 4.69) is 0 Å². The first-order valence-electron chi connectivity index (χ1n) is 9.86. The first-order chi connectivity index (χ1) is 15.0. The van der Waals surface area contributed by atoms with E-state index in [1.807, 2.05) is 6.92 Å². The molecule has 3 aromatic carbocycles. The molecule has 1 aliphatic heterocycles. The number of rotatable bonds is 5. The van der Waals surface area contributed by atoms with Gasteiger partial charge in [0.25, 0.3) is 11.7 Å². The van der Waals surface area contributed by atoms with Crippen molar-refractivity contribution in [3.05, 3.63) is 101 Å². The predicted molar refractivity (Wildman–Crippen MR) is 115 cm³/mol. The standard InChI is InChI=1S/C25H20FNO4/c1-2-31-18-14-12-17(13-15-18)27-22(19-10-6-7-11-20(19)26)21(24(29)25(27)30)23(28)16-8-4-3-5-9-16/h3-15,22,28H,2H2,1H3/b23-21+/t22-/m0/s1. The van der Waals surface area contributed by atoms with Gasteiger partial charge in [-0.05, 0) is 37.3 Å². The van der Waals surface area contributed by atoms with Gasteiger partial charge in [-0.3, -0.25) is 14.5 Å². The normalized spacial score (nSPS) is 17.7. The Morgan fingerprint density at radius 3 is 2.26 bits per heavy atom. The molecular formula is C25H20FNO4. The Bertz CT molecular complexity index is 1160. The quantitative estimate of drug-likeness (QED) is 0.366. The van der Waals surface area contributed by atoms with Crippen LogP contribution in [0.3, 0.4) is 0 Å². The van der Waals surface area contributed by atoms with Crippen LogP contribution in [0, 0.1) is 5.82 Å². The Balaban J connectivity index is 1.91. The number of nitrogens with zero attached hydrogens (tertiary/aromatic N) is 1. The highest BCUT2D eigenvalue weighted by Crippen LogP contribution is 2.43. The molecule has 0 unspecified atom stereocenters. The van der Waals surface area contributed by atoms with Gasteiger partial charge in [0.15, 0.2) is 0 Å². The van der Waals surface area contributed by atoms with E-state index in [1.54, 1.807) is 60.7 Å². The third kappa shape index (κ3) is 3.68. The fraction of sp³-hybridized carbons (Fsp3) is 0.120. The van der Waals surface area contributed by atoms with Gasteiger partial charge in [-0.25, -0.2) is 4.39 Å². The summed E-state index contributed by atoms with van der Waals surface area (Å²) in [4.78, 5) is 27.3. The number of carbonyl (C=O) groups excluding carboxylic acids is 2. The minimum absolute atomic E-state index is 0.119. The molecule has 1 fully saturated rings. The van der Waals surface area contributed by atoms with Gasteiger partial charge in [0.2, 0.25) is 0 Å². The van der Waals surface area contributed by atoms with Crippen LogP contribution >= 0.6 is 0 Å². The third-order valence-electron chi connectivity index (χ3n) is 5.12. The number of aliphatic hydroxyl groups is 1. The smallest absolute Gasteiger partial charge is 0.300 e. The van der Waals surface area contributed by atoms with E-state index in [0.29, 0.717) is 23.6 Å². The number of hydrogen-bond donors (Lipinski definition) is 1. The van der Waals surface area contributed by atoms with E-state index in [0.717, 1.165) is 0 Å². The molecule has 6 heteroatoms. The number of amides is 1. The maximum atomic E-state index is 14.8. The van der Waals surface area contributed by atoms with E-state index < -0.39 is 23.5 Å². The maximum Gasteiger partial charge on any atom is 0.300 e. The zero-order chi connectivity index (χ0) is 22.0. The molecule has 0 radical (unpaired) electrons. The summed E-state index contributed by atoms with van der Waals surface area (Å²) in [5.41, 5.74) is 0.725. The third-order valence-corrected chi connectivity index (χ3v) is 5.12. The molecule has 5 nitrogen and oxygen atoms in total. The average molecular weight is 417 g/mol. The lowest BCUT2D eigenvalue weighted by molar-refractivity contribution is -0.132. The number of carbonyl (C=O) groups is 2. The number of Topliss-reactive ketones (excluding diaryl/α,β-unsaturated/α-hetero) is 1. The maximum absolute atomic E-state index is 14.8. The second-order valence-corrected chi connectivity index (χ2v) is 6.98. The zero-order valence-electron chi connectivity index (χ0n) is 16.8. The minimum atomic E-state index is -1.11. The van der Waals surface area contributed by atoms with Crippen LogP contribution in [0.2, 0.25) is 0 Å². The lowest BCUT2D eigenvalue weighted by Crippen LogP contribution is -2.29. The molecule has 1 saturated heterocycles. The molecule has 1 heterocycles. The highest BCUT2D eigenvalue weighted by atomic mass is 19.1. The summed E-state index contributed by atoms with van der Waals surface area (Å²) in [6.07, 6.45) is 0. The Morgan fingerprint density at radius 2 is 1.61 bits per heavy atom. The number of aliphatic hydroxyl groups excluding tert-OH is 1. The molecule has 156 valence electrons. The first kappa shape index (κ1) is 20.3. The van der Waals surface area contributed by atoms with Gasteiger partial charge in [0.05, 0.1) is 18.2 Å². The minimum Gasteiger partial charge on any atom is -0.507 e. The van der Waals surface area contributed by atoms with Gasteiger partial charge in [-0.2, -0.15) is 0 Å². The molecule has 0 bridgehead atoms. The molecule has 0 saturated carbocycles. The van der Waals surface area contributed by atoms with Crippen LogP contribution in [0.15, 0.2) is 84.4 Å². The largest absolute Gasteiger partial charge is 0.507 e. The first-order valence-corrected chi connectivity index (χ1v) is 9.86. The summed E-state index contributed by atoms with van der Waals surface area (Å²) < 4.78 is 20.3. The van der Waals surface area contributed by atoms with Gasteiger partial charge in [-0.15, -0.1) is 0 Å². The van der Waals surface area contributed by atoms with Crippen molar-refractivity contribution >= 4 is 23.1 Å². The second-order valence-electron chi connectivity index (χ2n) is 6.98. The Labute approximate surface area is 179 Å². The molecule has 1 aliphatic rings. The number of ketones is 1. The summed E-state index contributed by atoms with van der Waals surface area (Å²) in [7, 11) is 0. The summed E-state index contributed by atoms with van der Waals surface area (Å²) in [5, 5.41) is 10.9. The van der Waals surface area contributed by atoms with Crippen molar-refractivity contribution in [3.63, 3.8) is 0 Å². The van der Waals surface area contributed by atoms with E-state index in [4.69, 9.17) is 4.74 Å². The SMILES string of the molecule is CCOc1ccc(N2C(=O)C(=O)/C(=C(/O)c3ccccc3)[C@@H]2c2ccccc2F)cc1. The van der Waals surface area contributed by atoms with Crippen molar-refractivity contribution in [2.24, 2.45) is 0 Å². The van der Waals surface area contributed by atoms with E-state index in [9.17, 15) is 19.1 Å². The van der Waals surface area contributed by atoms with Crippen LogP contribution in [0.25, 0.3) is 5.76 Å². The van der Waals surface area contributed by atoms with Crippen molar-refractivity contribution < 1.29 is 23.8 Å². The lowest BCUT2D eigenvalue weighted by atomic mass is 9.94. The number of anilines is 1. The van der Waals surface area contributed by atoms with E-state index in [1.165, 1.54) is 23.1 Å². The lowest BCUT2D eigenvalue weighted by Gasteiger charge is -2.26. The summed E-state index contributed by atoms with van der Waals surface area (Å²) in [6.45, 7) is 2.34. The monoisotopic (exact) mass is 417 g/mol. The second kappa shape index (κ2) is 8.44. The van der Waals surface area contributed by atoms with Gasteiger partial charge in [0.1, 0.15) is 17.3 Å². The van der Waals surface area contributed by atoms with Gasteiger partial charge >= 0.3 is 0 Å². The van der Waals surface area contributed by atoms with Gasteiger partial charge in [0, 0.05) is 16.8 Å². The highest BCUT2D eigenvalue weighted by Gasteiger charge is 2.47. The number of halogens is 1. The number of ether oxygens (including phenoxy) is 1. The molecule has 0 spiro atoms. The van der Waals surface area contributed by atoms with Gasteiger partial charge in [-0.1, -0.05) is 48.5 Å². The summed E-state index contributed by atoms with van der Waals surface area (Å²) in [5.74, 6) is -2.03. The Morgan fingerprint density at radius 1 is 0.968 bits per heavy atom. The average Bonchev–Trinajstić information content (AvgIpc) is 3.05. The number of hydrogen-bond acceptors (Lipinski definition) is 4. The Kier molecular flexibility index (Phi) is 5.54. The van der Waals surface area contributed by atoms with Crippen LogP contribution in [0.1, 0.15) is 24.1 Å². The molecule has 1 N–H and O–H groups in total. The molecule has 0 aromatic heterocycles. The van der Waals surface area contributed by atoms with Crippen molar-refractivity contribution in [3.8, 4) is 5.75 Å². The van der Waals surface area contributed by atoms with E-state index >= 15 is 0 Å². The van der Waals surface area contributed by atoms with E-state index in [-0.39, 0.29) is 16.9 Å². The van der Waals surface area contributed by atoms with Crippen LogP contribution in [0.5, 0.6) is 5.75 Å². The zero-order valence-corrected chi connectivity index (χ0v) is 16.8. The highest BCUT2D eigenvalue weighted by molar-refractivity contribution is 6.51. The topological polar surface area (TPSA) is 66.8 Å². The van der Waals surface area contributed by atoms with Gasteiger partial charge < -0.3 is 9.84 Å². The van der Waals surface area contributed by atoms with Crippen molar-refractivity contribution in [2.75, 3.05) is 11.5 Å². The molecule has 31 heavy (non-hydrogen) atoms. The fourth-order valence-electron chi connectivity index (χ4n) is 3.71. The molecule has 0 aliphatic carbocycles. The van der Waals surface area contributed by atoms with Crippen molar-refractivity contribution in [1.29, 1.82) is 0 Å².